The van der Waals surface area contributed by atoms with Crippen molar-refractivity contribution in [2.75, 3.05) is 26.3 Å². The Morgan fingerprint density at radius 1 is 1.15 bits per heavy atom. The molecule has 7 heteroatoms. The highest BCUT2D eigenvalue weighted by molar-refractivity contribution is 5.86. The maximum Gasteiger partial charge on any atom is 0.269 e. The van der Waals surface area contributed by atoms with Crippen LogP contribution in [-0.4, -0.2) is 46.8 Å². The molecule has 1 saturated carbocycles. The van der Waals surface area contributed by atoms with Gasteiger partial charge in [-0.25, -0.2) is 0 Å². The van der Waals surface area contributed by atoms with Crippen LogP contribution >= 0.6 is 0 Å². The number of nitrogens with zero attached hydrogens (tertiary/aromatic N) is 2. The summed E-state index contributed by atoms with van der Waals surface area (Å²) in [6.07, 6.45) is 4.26. The van der Waals surface area contributed by atoms with Crippen LogP contribution in [0.25, 0.3) is 10.9 Å². The van der Waals surface area contributed by atoms with E-state index in [0.29, 0.717) is 13.2 Å². The van der Waals surface area contributed by atoms with E-state index in [2.05, 4.69) is 35.0 Å². The molecule has 3 aliphatic rings. The Morgan fingerprint density at radius 3 is 2.79 bits per heavy atom. The van der Waals surface area contributed by atoms with Crippen molar-refractivity contribution in [3.8, 4) is 5.75 Å². The minimum atomic E-state index is -0.416. The minimum Gasteiger partial charge on any atom is -0.472 e. The zero-order valence-corrected chi connectivity index (χ0v) is 18.9. The maximum atomic E-state index is 11.7. The summed E-state index contributed by atoms with van der Waals surface area (Å²) in [4.78, 5) is 17.4. The molecule has 2 aliphatic heterocycles. The van der Waals surface area contributed by atoms with Crippen LogP contribution in [0.15, 0.2) is 42.5 Å². The van der Waals surface area contributed by atoms with Crippen LogP contribution in [0.4, 0.5) is 5.69 Å². The molecule has 0 spiro atoms. The van der Waals surface area contributed by atoms with Crippen LogP contribution in [0.3, 0.4) is 0 Å². The first kappa shape index (κ1) is 20.7. The fraction of sp³-hybridized carbons (Fsp3) is 0.462. The third-order valence-electron chi connectivity index (χ3n) is 7.91. The number of rotatable bonds is 3. The fourth-order valence-electron chi connectivity index (χ4n) is 6.55. The van der Waals surface area contributed by atoms with Gasteiger partial charge in [0.2, 0.25) is 0 Å². The van der Waals surface area contributed by atoms with Crippen LogP contribution < -0.4 is 4.74 Å². The number of morpholine rings is 1. The third-order valence-corrected chi connectivity index (χ3v) is 7.91. The Kier molecular flexibility index (Phi) is 4.92. The summed E-state index contributed by atoms with van der Waals surface area (Å²) in [5, 5.41) is 12.9. The second-order valence-corrected chi connectivity index (χ2v) is 9.56. The van der Waals surface area contributed by atoms with Crippen molar-refractivity contribution in [2.45, 2.75) is 44.2 Å². The molecule has 1 aliphatic carbocycles. The van der Waals surface area contributed by atoms with Crippen molar-refractivity contribution in [3.05, 3.63) is 69.4 Å². The molecule has 6 rings (SSSR count). The standard InChI is InChI=1S/C26H29N3O4/c1-17-24(19-6-2-3-8-22(19)27-17)25-20-16-18(29(30)31)9-10-23(20)33-26(11-5-4-7-21(25)26)28-12-14-32-15-13-28/h2-3,6,8-10,16,21,25,27H,4-5,7,11-15H2,1H3/t21-,25-,26-/m1/s1. The number of nitro groups is 1. The number of aromatic amines is 1. The number of benzene rings is 2. The molecule has 0 unspecified atom stereocenters. The van der Waals surface area contributed by atoms with Gasteiger partial charge in [-0.2, -0.15) is 0 Å². The summed E-state index contributed by atoms with van der Waals surface area (Å²) >= 11 is 0. The molecule has 1 N–H and O–H groups in total. The minimum absolute atomic E-state index is 0.0212. The zero-order valence-electron chi connectivity index (χ0n) is 18.9. The van der Waals surface area contributed by atoms with Gasteiger partial charge in [-0.3, -0.25) is 15.0 Å². The van der Waals surface area contributed by atoms with Gasteiger partial charge in [0.05, 0.1) is 18.1 Å². The third kappa shape index (κ3) is 3.17. The number of ether oxygens (including phenoxy) is 2. The second-order valence-electron chi connectivity index (χ2n) is 9.56. The SMILES string of the molecule is Cc1[nH]c2ccccc2c1[C@@H]1c2cc([N+](=O)[O-])ccc2O[C@]2(N3CCOCC3)CCCC[C@H]12. The summed E-state index contributed by atoms with van der Waals surface area (Å²) in [5.74, 6) is 1.00. The molecule has 3 heterocycles. The highest BCUT2D eigenvalue weighted by Gasteiger charge is 2.55. The number of nitro benzene ring substituents is 1. The van der Waals surface area contributed by atoms with Gasteiger partial charge < -0.3 is 14.5 Å². The van der Waals surface area contributed by atoms with Crippen LogP contribution in [-0.2, 0) is 4.74 Å². The van der Waals surface area contributed by atoms with Crippen molar-refractivity contribution >= 4 is 16.6 Å². The van der Waals surface area contributed by atoms with Gasteiger partial charge >= 0.3 is 0 Å². The predicted octanol–water partition coefficient (Wildman–Crippen LogP) is 5.13. The first-order valence-corrected chi connectivity index (χ1v) is 12.0. The van der Waals surface area contributed by atoms with Crippen LogP contribution in [0.5, 0.6) is 5.75 Å². The summed E-state index contributed by atoms with van der Waals surface area (Å²) < 4.78 is 12.6. The Labute approximate surface area is 192 Å². The number of fused-ring (bicyclic) bond motifs is 3. The average Bonchev–Trinajstić information content (AvgIpc) is 3.18. The summed E-state index contributed by atoms with van der Waals surface area (Å²) in [6.45, 7) is 5.24. The van der Waals surface area contributed by atoms with Crippen molar-refractivity contribution < 1.29 is 14.4 Å². The van der Waals surface area contributed by atoms with E-state index in [1.807, 2.05) is 12.1 Å². The average molecular weight is 448 g/mol. The molecule has 2 aromatic carbocycles. The van der Waals surface area contributed by atoms with Crippen molar-refractivity contribution in [3.63, 3.8) is 0 Å². The first-order chi connectivity index (χ1) is 16.1. The lowest BCUT2D eigenvalue weighted by Gasteiger charge is -2.56. The van der Waals surface area contributed by atoms with Crippen molar-refractivity contribution in [1.29, 1.82) is 0 Å². The van der Waals surface area contributed by atoms with Gasteiger partial charge in [-0.05, 0) is 37.5 Å². The van der Waals surface area contributed by atoms with E-state index in [9.17, 15) is 10.1 Å². The van der Waals surface area contributed by atoms with Gasteiger partial charge in [-0.1, -0.05) is 24.6 Å². The molecule has 1 saturated heterocycles. The molecule has 0 amide bonds. The van der Waals surface area contributed by atoms with E-state index in [1.54, 1.807) is 12.1 Å². The monoisotopic (exact) mass is 447 g/mol. The van der Waals surface area contributed by atoms with Gasteiger partial charge in [0.25, 0.3) is 5.69 Å². The van der Waals surface area contributed by atoms with E-state index in [0.717, 1.165) is 61.3 Å². The lowest BCUT2D eigenvalue weighted by molar-refractivity contribution is -0.385. The van der Waals surface area contributed by atoms with E-state index in [4.69, 9.17) is 9.47 Å². The van der Waals surface area contributed by atoms with E-state index < -0.39 is 5.72 Å². The van der Waals surface area contributed by atoms with Gasteiger partial charge in [0, 0.05) is 65.6 Å². The number of non-ortho nitro benzene ring substituents is 1. The normalized spacial score (nSPS) is 27.5. The number of aryl methyl sites for hydroxylation is 1. The van der Waals surface area contributed by atoms with Gasteiger partial charge in [-0.15, -0.1) is 0 Å². The molecule has 172 valence electrons. The van der Waals surface area contributed by atoms with Crippen molar-refractivity contribution in [1.82, 2.24) is 9.88 Å². The Bertz CT molecular complexity index is 1220. The Morgan fingerprint density at radius 2 is 1.97 bits per heavy atom. The highest BCUT2D eigenvalue weighted by atomic mass is 16.6. The van der Waals surface area contributed by atoms with E-state index >= 15 is 0 Å². The predicted molar refractivity (Wildman–Crippen MR) is 126 cm³/mol. The number of nitrogens with one attached hydrogen (secondary N) is 1. The van der Waals surface area contributed by atoms with Gasteiger partial charge in [0.15, 0.2) is 5.72 Å². The molecule has 1 aromatic heterocycles. The van der Waals surface area contributed by atoms with E-state index in [1.165, 1.54) is 10.9 Å². The number of H-pyrrole nitrogens is 1. The zero-order chi connectivity index (χ0) is 22.6. The molecule has 3 aromatic rings. The molecular weight excluding hydrogens is 418 g/mol. The van der Waals surface area contributed by atoms with Crippen LogP contribution in [0.1, 0.15) is 48.4 Å². The Hall–Kier alpha value is -2.90. The largest absolute Gasteiger partial charge is 0.472 e. The van der Waals surface area contributed by atoms with Crippen LogP contribution in [0.2, 0.25) is 0 Å². The van der Waals surface area contributed by atoms with Gasteiger partial charge in [0.1, 0.15) is 5.75 Å². The number of aromatic nitrogens is 1. The molecule has 2 fully saturated rings. The summed E-state index contributed by atoms with van der Waals surface area (Å²) in [5.41, 5.74) is 4.13. The molecule has 3 atom stereocenters. The maximum absolute atomic E-state index is 11.7. The molecule has 33 heavy (non-hydrogen) atoms. The molecule has 0 radical (unpaired) electrons. The number of para-hydroxylation sites is 1. The number of hydrogen-bond donors (Lipinski definition) is 1. The lowest BCUT2D eigenvalue weighted by atomic mass is 9.66. The van der Waals surface area contributed by atoms with E-state index in [-0.39, 0.29) is 22.4 Å². The smallest absolute Gasteiger partial charge is 0.269 e. The lowest BCUT2D eigenvalue weighted by Crippen LogP contribution is -2.64. The highest BCUT2D eigenvalue weighted by Crippen LogP contribution is 2.57. The van der Waals surface area contributed by atoms with Crippen LogP contribution in [0, 0.1) is 23.0 Å². The summed E-state index contributed by atoms with van der Waals surface area (Å²) in [6, 6.07) is 13.5. The molecule has 0 bridgehead atoms. The Balaban J connectivity index is 1.60. The topological polar surface area (TPSA) is 80.6 Å². The molecule has 7 nitrogen and oxygen atoms in total. The fourth-order valence-corrected chi connectivity index (χ4v) is 6.55. The quantitative estimate of drug-likeness (QED) is 0.445. The first-order valence-electron chi connectivity index (χ1n) is 12.0. The van der Waals surface area contributed by atoms with Crippen molar-refractivity contribution in [2.24, 2.45) is 5.92 Å². The second kappa shape index (κ2) is 7.85. The number of hydrogen-bond acceptors (Lipinski definition) is 5. The summed E-state index contributed by atoms with van der Waals surface area (Å²) in [7, 11) is 0. The molecular formula is C26H29N3O4.